The van der Waals surface area contributed by atoms with E-state index in [0.29, 0.717) is 23.7 Å². The standard InChI is InChI=1S/C33H40N4O2/c1-5-14-36(15-6-2)32(38)25-16-24-11-10-23(18-29(24)35-31(34)19-25)22-12-13-27-28(17-22)26-8-7-9-30(26)37(33(27)39)20-21(3)4/h10-13,16-18,21H,5-9,14-15,19-20H2,1-4H3,(H2,34,35). The average molecular weight is 525 g/mol. The van der Waals surface area contributed by atoms with Gasteiger partial charge >= 0.3 is 0 Å². The second-order valence-corrected chi connectivity index (χ2v) is 11.4. The molecule has 0 atom stereocenters. The second kappa shape index (κ2) is 11.2. The van der Waals surface area contributed by atoms with Gasteiger partial charge in [0.05, 0.1) is 5.69 Å². The third-order valence-corrected chi connectivity index (χ3v) is 7.76. The third kappa shape index (κ3) is 5.29. The Balaban J connectivity index is 1.55. The summed E-state index contributed by atoms with van der Waals surface area (Å²) in [4.78, 5) is 33.4. The first-order chi connectivity index (χ1) is 18.8. The van der Waals surface area contributed by atoms with Crippen LogP contribution in [0.3, 0.4) is 0 Å². The number of carbonyl (C=O) groups is 1. The Labute approximate surface area is 231 Å². The number of aryl methyl sites for hydroxylation is 1. The average Bonchev–Trinajstić information content (AvgIpc) is 3.34. The van der Waals surface area contributed by atoms with Crippen molar-refractivity contribution in [3.63, 3.8) is 0 Å². The second-order valence-electron chi connectivity index (χ2n) is 11.4. The van der Waals surface area contributed by atoms with E-state index in [0.717, 1.165) is 84.9 Å². The van der Waals surface area contributed by atoms with Crippen LogP contribution in [0.4, 0.5) is 5.69 Å². The first-order valence-corrected chi connectivity index (χ1v) is 14.5. The van der Waals surface area contributed by atoms with E-state index in [-0.39, 0.29) is 11.5 Å². The number of aliphatic imine (C=N–C) groups is 1. The van der Waals surface area contributed by atoms with Gasteiger partial charge < -0.3 is 15.2 Å². The van der Waals surface area contributed by atoms with Gasteiger partial charge in [-0.25, -0.2) is 4.99 Å². The summed E-state index contributed by atoms with van der Waals surface area (Å²) < 4.78 is 2.02. The van der Waals surface area contributed by atoms with E-state index in [1.165, 1.54) is 11.3 Å². The van der Waals surface area contributed by atoms with Gasteiger partial charge in [0.15, 0.2) is 0 Å². The molecule has 1 aromatic heterocycles. The molecule has 2 heterocycles. The van der Waals surface area contributed by atoms with E-state index in [4.69, 9.17) is 10.7 Å². The number of pyridine rings is 1. The number of rotatable bonds is 8. The molecule has 6 heteroatoms. The third-order valence-electron chi connectivity index (χ3n) is 7.76. The zero-order chi connectivity index (χ0) is 27.7. The van der Waals surface area contributed by atoms with E-state index >= 15 is 0 Å². The van der Waals surface area contributed by atoms with Crippen molar-refractivity contribution in [1.29, 1.82) is 0 Å². The fourth-order valence-corrected chi connectivity index (χ4v) is 6.07. The van der Waals surface area contributed by atoms with Gasteiger partial charge in [0.1, 0.15) is 5.84 Å². The van der Waals surface area contributed by atoms with Gasteiger partial charge in [0.2, 0.25) is 5.91 Å². The lowest BCUT2D eigenvalue weighted by Crippen LogP contribution is -2.34. The zero-order valence-corrected chi connectivity index (χ0v) is 23.7. The zero-order valence-electron chi connectivity index (χ0n) is 23.7. The molecule has 1 amide bonds. The van der Waals surface area contributed by atoms with E-state index < -0.39 is 0 Å². The molecule has 0 saturated heterocycles. The maximum Gasteiger partial charge on any atom is 0.258 e. The van der Waals surface area contributed by atoms with E-state index in [1.54, 1.807) is 0 Å². The Kier molecular flexibility index (Phi) is 7.74. The molecular formula is C33H40N4O2. The summed E-state index contributed by atoms with van der Waals surface area (Å²) >= 11 is 0. The molecule has 2 N–H and O–H groups in total. The number of hydrogen-bond donors (Lipinski definition) is 1. The molecule has 3 aromatic rings. The lowest BCUT2D eigenvalue weighted by atomic mass is 9.96. The number of amides is 1. The fraction of sp³-hybridized carbons (Fsp3) is 0.424. The van der Waals surface area contributed by atoms with Crippen LogP contribution in [0, 0.1) is 5.92 Å². The first kappa shape index (κ1) is 26.9. The molecule has 5 rings (SSSR count). The Morgan fingerprint density at radius 3 is 2.46 bits per heavy atom. The van der Waals surface area contributed by atoms with Gasteiger partial charge in [0, 0.05) is 48.3 Å². The van der Waals surface area contributed by atoms with E-state index in [1.807, 2.05) is 39.8 Å². The molecule has 0 spiro atoms. The molecule has 2 aliphatic rings. The number of amidine groups is 1. The smallest absolute Gasteiger partial charge is 0.258 e. The van der Waals surface area contributed by atoms with Gasteiger partial charge in [-0.05, 0) is 84.4 Å². The summed E-state index contributed by atoms with van der Waals surface area (Å²) in [5.41, 5.74) is 13.4. The van der Waals surface area contributed by atoms with Gasteiger partial charge in [-0.2, -0.15) is 0 Å². The molecule has 0 saturated carbocycles. The van der Waals surface area contributed by atoms with Crippen LogP contribution >= 0.6 is 0 Å². The summed E-state index contributed by atoms with van der Waals surface area (Å²) in [5.74, 6) is 0.906. The largest absolute Gasteiger partial charge is 0.387 e. The van der Waals surface area contributed by atoms with Crippen molar-refractivity contribution < 1.29 is 4.79 Å². The number of nitrogens with two attached hydrogens (primary N) is 1. The molecule has 0 unspecified atom stereocenters. The van der Waals surface area contributed by atoms with E-state index in [9.17, 15) is 9.59 Å². The Bertz CT molecular complexity index is 1540. The maximum absolute atomic E-state index is 13.4. The molecule has 1 aliphatic carbocycles. The molecule has 39 heavy (non-hydrogen) atoms. The fourth-order valence-electron chi connectivity index (χ4n) is 6.07. The summed E-state index contributed by atoms with van der Waals surface area (Å²) in [6.45, 7) is 10.7. The lowest BCUT2D eigenvalue weighted by Gasteiger charge is -2.22. The van der Waals surface area contributed by atoms with Crippen molar-refractivity contribution in [3.8, 4) is 11.1 Å². The minimum absolute atomic E-state index is 0.0419. The highest BCUT2D eigenvalue weighted by atomic mass is 16.2. The molecule has 6 nitrogen and oxygen atoms in total. The van der Waals surface area contributed by atoms with Crippen LogP contribution in [0.25, 0.3) is 28.0 Å². The number of carbonyl (C=O) groups excluding carboxylic acids is 1. The first-order valence-electron chi connectivity index (χ1n) is 14.5. The van der Waals surface area contributed by atoms with Crippen LogP contribution in [-0.2, 0) is 24.2 Å². The summed E-state index contributed by atoms with van der Waals surface area (Å²) in [5, 5.41) is 1.87. The highest BCUT2D eigenvalue weighted by Gasteiger charge is 2.23. The summed E-state index contributed by atoms with van der Waals surface area (Å²) in [6, 6.07) is 12.3. The number of hydrogen-bond acceptors (Lipinski definition) is 4. The number of fused-ring (bicyclic) bond motifs is 4. The molecule has 0 fully saturated rings. The number of benzene rings is 2. The Morgan fingerprint density at radius 2 is 1.74 bits per heavy atom. The quantitative estimate of drug-likeness (QED) is 0.379. The highest BCUT2D eigenvalue weighted by Crippen LogP contribution is 2.35. The molecule has 0 radical (unpaired) electrons. The maximum atomic E-state index is 13.4. The number of aromatic nitrogens is 1. The number of nitrogens with zero attached hydrogens (tertiary/aromatic N) is 3. The van der Waals surface area contributed by atoms with Gasteiger partial charge in [-0.3, -0.25) is 9.59 Å². The molecule has 2 aromatic carbocycles. The SMILES string of the molecule is CCCN(CCC)C(=O)C1=Cc2ccc(-c3ccc4c(=O)n(CC(C)C)c5c(c4c3)CCC5)cc2N=C(N)C1. The Morgan fingerprint density at radius 1 is 1.03 bits per heavy atom. The predicted octanol–water partition coefficient (Wildman–Crippen LogP) is 6.24. The van der Waals surface area contributed by atoms with Crippen molar-refractivity contribution in [1.82, 2.24) is 9.47 Å². The highest BCUT2D eigenvalue weighted by molar-refractivity contribution is 6.05. The predicted molar refractivity (Wildman–Crippen MR) is 162 cm³/mol. The van der Waals surface area contributed by atoms with Crippen LogP contribution in [-0.4, -0.2) is 34.3 Å². The summed E-state index contributed by atoms with van der Waals surface area (Å²) in [6.07, 6.45) is 7.20. The van der Waals surface area contributed by atoms with Crippen LogP contribution in [0.2, 0.25) is 0 Å². The van der Waals surface area contributed by atoms with Crippen LogP contribution in [0.1, 0.15) is 70.2 Å². The normalized spacial score (nSPS) is 14.6. The molecular weight excluding hydrogens is 484 g/mol. The summed E-state index contributed by atoms with van der Waals surface area (Å²) in [7, 11) is 0. The Hall–Kier alpha value is -3.67. The van der Waals surface area contributed by atoms with Crippen molar-refractivity contribution in [3.05, 3.63) is 69.1 Å². The van der Waals surface area contributed by atoms with Crippen molar-refractivity contribution >= 4 is 34.3 Å². The minimum Gasteiger partial charge on any atom is -0.387 e. The minimum atomic E-state index is 0.0419. The topological polar surface area (TPSA) is 80.7 Å². The van der Waals surface area contributed by atoms with Crippen molar-refractivity contribution in [2.45, 2.75) is 72.8 Å². The van der Waals surface area contributed by atoms with Crippen molar-refractivity contribution in [2.75, 3.05) is 13.1 Å². The monoisotopic (exact) mass is 524 g/mol. The molecule has 204 valence electrons. The van der Waals surface area contributed by atoms with Crippen LogP contribution in [0.15, 0.2) is 51.8 Å². The van der Waals surface area contributed by atoms with Crippen LogP contribution < -0.4 is 11.3 Å². The van der Waals surface area contributed by atoms with Gasteiger partial charge in [0.25, 0.3) is 5.56 Å². The van der Waals surface area contributed by atoms with Crippen LogP contribution in [0.5, 0.6) is 0 Å². The lowest BCUT2D eigenvalue weighted by molar-refractivity contribution is -0.127. The molecule has 0 bridgehead atoms. The van der Waals surface area contributed by atoms with Crippen molar-refractivity contribution in [2.24, 2.45) is 16.6 Å². The van der Waals surface area contributed by atoms with Gasteiger partial charge in [-0.1, -0.05) is 45.9 Å². The van der Waals surface area contributed by atoms with E-state index in [2.05, 4.69) is 39.8 Å². The van der Waals surface area contributed by atoms with Gasteiger partial charge in [-0.15, -0.1) is 0 Å². The molecule has 1 aliphatic heterocycles.